The highest BCUT2D eigenvalue weighted by atomic mass is 35.5. The minimum absolute atomic E-state index is 0.271. The Morgan fingerprint density at radius 3 is 2.56 bits per heavy atom. The maximum absolute atomic E-state index is 10.1. The van der Waals surface area contributed by atoms with E-state index in [1.54, 1.807) is 18.2 Å². The number of nitrogens with zero attached hydrogens (tertiary/aromatic N) is 4. The molecule has 0 bridgehead atoms. The summed E-state index contributed by atoms with van der Waals surface area (Å²) in [6, 6.07) is 5.02. The third kappa shape index (κ3) is 3.77. The first-order chi connectivity index (χ1) is 11.9. The number of hydrogen-bond acceptors (Lipinski definition) is 8. The van der Waals surface area contributed by atoms with E-state index in [1.807, 2.05) is 0 Å². The Labute approximate surface area is 152 Å². The van der Waals surface area contributed by atoms with Crippen molar-refractivity contribution >= 4 is 23.2 Å². The molecule has 1 aliphatic rings. The lowest BCUT2D eigenvalue weighted by molar-refractivity contribution is -0.257. The van der Waals surface area contributed by atoms with Crippen LogP contribution in [-0.2, 0) is 11.2 Å². The first-order valence-corrected chi connectivity index (χ1v) is 8.19. The molecule has 0 radical (unpaired) electrons. The number of tetrazole rings is 1. The van der Waals surface area contributed by atoms with Gasteiger partial charge in [0.1, 0.15) is 24.4 Å². The van der Waals surface area contributed by atoms with Crippen LogP contribution in [0.1, 0.15) is 17.6 Å². The summed E-state index contributed by atoms with van der Waals surface area (Å²) < 4.78 is 5.36. The van der Waals surface area contributed by atoms with Gasteiger partial charge in [-0.1, -0.05) is 29.3 Å². The van der Waals surface area contributed by atoms with Gasteiger partial charge in [-0.05, 0) is 22.9 Å². The van der Waals surface area contributed by atoms with Crippen LogP contribution in [-0.4, -0.2) is 71.7 Å². The second kappa shape index (κ2) is 7.50. The van der Waals surface area contributed by atoms with Gasteiger partial charge in [0.25, 0.3) is 0 Å². The van der Waals surface area contributed by atoms with Crippen molar-refractivity contribution in [2.45, 2.75) is 37.1 Å². The quantitative estimate of drug-likeness (QED) is 0.551. The van der Waals surface area contributed by atoms with E-state index in [2.05, 4.69) is 15.4 Å². The zero-order valence-corrected chi connectivity index (χ0v) is 14.3. The van der Waals surface area contributed by atoms with Gasteiger partial charge in [0, 0.05) is 16.5 Å². The number of aliphatic hydroxyl groups excluding tert-OH is 4. The summed E-state index contributed by atoms with van der Waals surface area (Å²) >= 11 is 12.0. The number of aromatic nitrogens is 4. The third-order valence-electron chi connectivity index (χ3n) is 3.93. The van der Waals surface area contributed by atoms with Crippen LogP contribution in [0.5, 0.6) is 0 Å². The maximum Gasteiger partial charge on any atom is 0.199 e. The van der Waals surface area contributed by atoms with Crippen LogP contribution >= 0.6 is 23.2 Å². The molecule has 5 unspecified atom stereocenters. The van der Waals surface area contributed by atoms with Crippen molar-refractivity contribution in [1.82, 2.24) is 20.2 Å². The molecule has 0 saturated carbocycles. The van der Waals surface area contributed by atoms with E-state index < -0.39 is 37.3 Å². The summed E-state index contributed by atoms with van der Waals surface area (Å²) in [7, 11) is 0. The Morgan fingerprint density at radius 1 is 1.12 bits per heavy atom. The molecule has 1 saturated heterocycles. The standard InChI is InChI=1S/C14H16Cl2N4O5/c15-7-2-1-6(8(16)4-7)3-10-17-19-20(18-10)14-13(24)12(23)11(22)9(5-21)25-14/h1-2,4,9,11-14,21-24H,3,5H2. The van der Waals surface area contributed by atoms with E-state index >= 15 is 0 Å². The van der Waals surface area contributed by atoms with E-state index in [0.29, 0.717) is 15.9 Å². The molecule has 1 aromatic heterocycles. The van der Waals surface area contributed by atoms with Crippen molar-refractivity contribution in [1.29, 1.82) is 0 Å². The fraction of sp³-hybridized carbons (Fsp3) is 0.500. The average molecular weight is 391 g/mol. The van der Waals surface area contributed by atoms with Crippen LogP contribution in [0.4, 0.5) is 0 Å². The highest BCUT2D eigenvalue weighted by Crippen LogP contribution is 2.27. The Bertz CT molecular complexity index is 744. The van der Waals surface area contributed by atoms with Crippen LogP contribution < -0.4 is 0 Å². The van der Waals surface area contributed by atoms with Crippen LogP contribution in [0, 0.1) is 0 Å². The average Bonchev–Trinajstić information content (AvgIpc) is 3.04. The van der Waals surface area contributed by atoms with E-state index in [9.17, 15) is 20.4 Å². The molecular weight excluding hydrogens is 375 g/mol. The lowest BCUT2D eigenvalue weighted by Crippen LogP contribution is -2.56. The molecule has 1 fully saturated rings. The van der Waals surface area contributed by atoms with E-state index in [4.69, 9.17) is 27.9 Å². The lowest BCUT2D eigenvalue weighted by atomic mass is 9.99. The predicted octanol–water partition coefficient (Wildman–Crippen LogP) is -0.457. The monoisotopic (exact) mass is 390 g/mol. The zero-order valence-electron chi connectivity index (χ0n) is 12.8. The molecule has 25 heavy (non-hydrogen) atoms. The molecule has 2 aromatic rings. The summed E-state index contributed by atoms with van der Waals surface area (Å²) in [6.07, 6.45) is -6.43. The zero-order chi connectivity index (χ0) is 18.1. The van der Waals surface area contributed by atoms with Gasteiger partial charge in [0.15, 0.2) is 12.1 Å². The number of benzene rings is 1. The van der Waals surface area contributed by atoms with E-state index in [0.717, 1.165) is 10.4 Å². The first-order valence-electron chi connectivity index (χ1n) is 7.43. The van der Waals surface area contributed by atoms with Crippen molar-refractivity contribution in [2.75, 3.05) is 6.61 Å². The number of rotatable bonds is 4. The molecule has 2 heterocycles. The van der Waals surface area contributed by atoms with Gasteiger partial charge in [-0.25, -0.2) is 0 Å². The van der Waals surface area contributed by atoms with Gasteiger partial charge >= 0.3 is 0 Å². The van der Waals surface area contributed by atoms with E-state index in [1.165, 1.54) is 0 Å². The van der Waals surface area contributed by atoms with Gasteiger partial charge in [0.2, 0.25) is 0 Å². The molecule has 9 nitrogen and oxygen atoms in total. The maximum atomic E-state index is 10.1. The van der Waals surface area contributed by atoms with Crippen molar-refractivity contribution in [3.63, 3.8) is 0 Å². The summed E-state index contributed by atoms with van der Waals surface area (Å²) in [5.41, 5.74) is 0.736. The highest BCUT2D eigenvalue weighted by Gasteiger charge is 2.45. The molecule has 0 amide bonds. The van der Waals surface area contributed by atoms with Gasteiger partial charge in [-0.3, -0.25) is 0 Å². The number of hydrogen-bond donors (Lipinski definition) is 4. The third-order valence-corrected chi connectivity index (χ3v) is 4.51. The molecule has 4 N–H and O–H groups in total. The fourth-order valence-electron chi connectivity index (χ4n) is 2.54. The second-order valence-electron chi connectivity index (χ2n) is 5.66. The summed E-state index contributed by atoms with van der Waals surface area (Å²) in [5, 5.41) is 51.7. The summed E-state index contributed by atoms with van der Waals surface area (Å²) in [5.74, 6) is 0.307. The molecule has 11 heteroatoms. The molecule has 3 rings (SSSR count). The van der Waals surface area contributed by atoms with Crippen molar-refractivity contribution < 1.29 is 25.2 Å². The molecule has 0 spiro atoms. The van der Waals surface area contributed by atoms with Crippen LogP contribution in [0.15, 0.2) is 18.2 Å². The van der Waals surface area contributed by atoms with Gasteiger partial charge in [0.05, 0.1) is 6.61 Å². The van der Waals surface area contributed by atoms with Crippen LogP contribution in [0.2, 0.25) is 10.0 Å². The second-order valence-corrected chi connectivity index (χ2v) is 6.50. The van der Waals surface area contributed by atoms with Crippen LogP contribution in [0.3, 0.4) is 0 Å². The number of halogens is 2. The van der Waals surface area contributed by atoms with E-state index in [-0.39, 0.29) is 6.42 Å². The predicted molar refractivity (Wildman–Crippen MR) is 86.1 cm³/mol. The first kappa shape index (κ1) is 18.5. The Balaban J connectivity index is 1.78. The SMILES string of the molecule is OCC1OC(n2nnc(Cc3ccc(Cl)cc3Cl)n2)C(O)C(O)C1O. The minimum Gasteiger partial charge on any atom is -0.394 e. The molecule has 1 aliphatic heterocycles. The molecule has 136 valence electrons. The van der Waals surface area contributed by atoms with Gasteiger partial charge in [-0.15, -0.1) is 15.0 Å². The minimum atomic E-state index is -1.52. The molecular formula is C14H16Cl2N4O5. The number of aliphatic hydroxyl groups is 4. The Kier molecular flexibility index (Phi) is 5.54. The molecule has 5 atom stereocenters. The van der Waals surface area contributed by atoms with Crippen molar-refractivity contribution in [3.8, 4) is 0 Å². The summed E-state index contributed by atoms with van der Waals surface area (Å²) in [4.78, 5) is 0.988. The largest absolute Gasteiger partial charge is 0.394 e. The fourth-order valence-corrected chi connectivity index (χ4v) is 3.02. The lowest BCUT2D eigenvalue weighted by Gasteiger charge is -2.38. The smallest absolute Gasteiger partial charge is 0.199 e. The Hall–Kier alpha value is -1.33. The van der Waals surface area contributed by atoms with Gasteiger partial charge < -0.3 is 25.2 Å². The summed E-state index contributed by atoms with van der Waals surface area (Å²) in [6.45, 7) is -0.538. The van der Waals surface area contributed by atoms with Crippen molar-refractivity contribution in [2.24, 2.45) is 0 Å². The molecule has 0 aliphatic carbocycles. The molecule has 1 aromatic carbocycles. The Morgan fingerprint density at radius 2 is 1.88 bits per heavy atom. The van der Waals surface area contributed by atoms with Crippen LogP contribution in [0.25, 0.3) is 0 Å². The topological polar surface area (TPSA) is 134 Å². The highest BCUT2D eigenvalue weighted by molar-refractivity contribution is 6.35. The van der Waals surface area contributed by atoms with Crippen molar-refractivity contribution in [3.05, 3.63) is 39.6 Å². The normalized spacial score (nSPS) is 29.8. The number of ether oxygens (including phenoxy) is 1. The van der Waals surface area contributed by atoms with Gasteiger partial charge in [-0.2, -0.15) is 0 Å².